The molecule has 0 saturated carbocycles. The maximum atomic E-state index is 10.7. The maximum Gasteiger partial charge on any atom is 0.211 e. The number of hydrogen-bond acceptors (Lipinski definition) is 2. The molecule has 0 aliphatic heterocycles. The lowest BCUT2D eigenvalue weighted by atomic mass is 9.76. The standard InChI is InChI=1S/C12H16ClNO2/c1-12(2,3)11(8-14(15)16)9-4-6-10(13)7-5-9/h4-7,11H,8H2,1-3H3/t11-/m0/s1. The van der Waals surface area contributed by atoms with Crippen LogP contribution < -0.4 is 0 Å². The maximum absolute atomic E-state index is 10.7. The monoisotopic (exact) mass is 241 g/mol. The molecule has 0 radical (unpaired) electrons. The Bertz CT molecular complexity index is 368. The van der Waals surface area contributed by atoms with E-state index in [-0.39, 0.29) is 22.8 Å². The summed E-state index contributed by atoms with van der Waals surface area (Å²) < 4.78 is 0. The van der Waals surface area contributed by atoms with Crippen molar-refractivity contribution >= 4 is 11.6 Å². The van der Waals surface area contributed by atoms with E-state index >= 15 is 0 Å². The Kier molecular flexibility index (Phi) is 3.92. The molecule has 88 valence electrons. The van der Waals surface area contributed by atoms with E-state index in [1.165, 1.54) is 0 Å². The van der Waals surface area contributed by atoms with Crippen LogP contribution in [0, 0.1) is 15.5 Å². The van der Waals surface area contributed by atoms with Crippen molar-refractivity contribution < 1.29 is 4.92 Å². The Morgan fingerprint density at radius 1 is 1.31 bits per heavy atom. The van der Waals surface area contributed by atoms with Crippen molar-refractivity contribution in [3.63, 3.8) is 0 Å². The van der Waals surface area contributed by atoms with Gasteiger partial charge < -0.3 is 0 Å². The minimum atomic E-state index is -0.259. The molecule has 0 aliphatic rings. The van der Waals surface area contributed by atoms with E-state index in [1.54, 1.807) is 12.1 Å². The van der Waals surface area contributed by atoms with Gasteiger partial charge in [0.05, 0.1) is 5.92 Å². The second kappa shape index (κ2) is 4.83. The molecule has 16 heavy (non-hydrogen) atoms. The highest BCUT2D eigenvalue weighted by molar-refractivity contribution is 6.30. The summed E-state index contributed by atoms with van der Waals surface area (Å²) in [4.78, 5) is 10.4. The van der Waals surface area contributed by atoms with Gasteiger partial charge in [0.1, 0.15) is 0 Å². The van der Waals surface area contributed by atoms with E-state index in [1.807, 2.05) is 32.9 Å². The van der Waals surface area contributed by atoms with Crippen molar-refractivity contribution in [3.05, 3.63) is 45.0 Å². The molecule has 3 nitrogen and oxygen atoms in total. The second-order valence-corrected chi connectivity index (χ2v) is 5.42. The number of benzene rings is 1. The molecule has 0 saturated heterocycles. The molecule has 0 amide bonds. The number of nitro groups is 1. The quantitative estimate of drug-likeness (QED) is 0.598. The average molecular weight is 242 g/mol. The van der Waals surface area contributed by atoms with E-state index in [4.69, 9.17) is 11.6 Å². The molecule has 1 rings (SSSR count). The first kappa shape index (κ1) is 13.0. The first-order valence-corrected chi connectivity index (χ1v) is 5.56. The van der Waals surface area contributed by atoms with Gasteiger partial charge >= 0.3 is 0 Å². The van der Waals surface area contributed by atoms with Gasteiger partial charge in [-0.1, -0.05) is 44.5 Å². The van der Waals surface area contributed by atoms with E-state index in [2.05, 4.69) is 0 Å². The molecule has 4 heteroatoms. The Labute approximate surface area is 101 Å². The fourth-order valence-corrected chi connectivity index (χ4v) is 1.85. The first-order valence-electron chi connectivity index (χ1n) is 5.18. The van der Waals surface area contributed by atoms with Crippen molar-refractivity contribution in [2.24, 2.45) is 5.41 Å². The van der Waals surface area contributed by atoms with Gasteiger partial charge in [-0.15, -0.1) is 0 Å². The van der Waals surface area contributed by atoms with Crippen molar-refractivity contribution in [3.8, 4) is 0 Å². The normalized spacial score (nSPS) is 13.5. The van der Waals surface area contributed by atoms with E-state index in [0.29, 0.717) is 5.02 Å². The SMILES string of the molecule is CC(C)(C)[C@@H](C[N+](=O)[O-])c1ccc(Cl)cc1. The summed E-state index contributed by atoms with van der Waals surface area (Å²) >= 11 is 5.80. The minimum absolute atomic E-state index is 0.0505. The molecule has 0 bridgehead atoms. The summed E-state index contributed by atoms with van der Waals surface area (Å²) in [6.07, 6.45) is 0. The van der Waals surface area contributed by atoms with Crippen LogP contribution in [0.15, 0.2) is 24.3 Å². The molecule has 0 heterocycles. The summed E-state index contributed by atoms with van der Waals surface area (Å²) in [6.45, 7) is 5.98. The van der Waals surface area contributed by atoms with Crippen LogP contribution >= 0.6 is 11.6 Å². The van der Waals surface area contributed by atoms with E-state index < -0.39 is 0 Å². The van der Waals surface area contributed by atoms with Crippen LogP contribution in [-0.4, -0.2) is 11.5 Å². The summed E-state index contributed by atoms with van der Waals surface area (Å²) in [6, 6.07) is 7.27. The Hall–Kier alpha value is -1.09. The zero-order valence-corrected chi connectivity index (χ0v) is 10.5. The number of halogens is 1. The predicted molar refractivity (Wildman–Crippen MR) is 65.5 cm³/mol. The van der Waals surface area contributed by atoms with Crippen LogP contribution in [0.25, 0.3) is 0 Å². The molecule has 0 aromatic heterocycles. The number of hydrogen-bond donors (Lipinski definition) is 0. The summed E-state index contributed by atoms with van der Waals surface area (Å²) in [5.74, 6) is -0.0974. The van der Waals surface area contributed by atoms with E-state index in [0.717, 1.165) is 5.56 Å². The van der Waals surface area contributed by atoms with Crippen molar-refractivity contribution in [2.75, 3.05) is 6.54 Å². The number of nitrogens with zero attached hydrogens (tertiary/aromatic N) is 1. The lowest BCUT2D eigenvalue weighted by Gasteiger charge is -2.27. The summed E-state index contributed by atoms with van der Waals surface area (Å²) in [7, 11) is 0. The Morgan fingerprint density at radius 3 is 2.19 bits per heavy atom. The molecule has 1 aromatic carbocycles. The van der Waals surface area contributed by atoms with Gasteiger partial charge in [-0.2, -0.15) is 0 Å². The van der Waals surface area contributed by atoms with Crippen molar-refractivity contribution in [1.82, 2.24) is 0 Å². The van der Waals surface area contributed by atoms with Gasteiger partial charge in [-0.25, -0.2) is 0 Å². The lowest BCUT2D eigenvalue weighted by Crippen LogP contribution is -2.25. The molecule has 0 fully saturated rings. The van der Waals surface area contributed by atoms with Crippen LogP contribution in [0.1, 0.15) is 32.3 Å². The summed E-state index contributed by atoms with van der Waals surface area (Å²) in [5, 5.41) is 11.3. The van der Waals surface area contributed by atoms with Crippen LogP contribution in [0.5, 0.6) is 0 Å². The smallest absolute Gasteiger partial charge is 0.211 e. The van der Waals surface area contributed by atoms with Gasteiger partial charge in [0, 0.05) is 9.95 Å². The van der Waals surface area contributed by atoms with Crippen LogP contribution in [0.4, 0.5) is 0 Å². The van der Waals surface area contributed by atoms with Gasteiger partial charge in [0.25, 0.3) is 0 Å². The highest BCUT2D eigenvalue weighted by Gasteiger charge is 2.30. The lowest BCUT2D eigenvalue weighted by molar-refractivity contribution is -0.486. The minimum Gasteiger partial charge on any atom is -0.265 e. The van der Waals surface area contributed by atoms with Gasteiger partial charge in [0.2, 0.25) is 6.54 Å². The zero-order valence-electron chi connectivity index (χ0n) is 9.74. The predicted octanol–water partition coefficient (Wildman–Crippen LogP) is 3.75. The largest absolute Gasteiger partial charge is 0.265 e. The van der Waals surface area contributed by atoms with Crippen LogP contribution in [0.3, 0.4) is 0 Å². The zero-order chi connectivity index (χ0) is 12.3. The fraction of sp³-hybridized carbons (Fsp3) is 0.500. The first-order chi connectivity index (χ1) is 7.30. The van der Waals surface area contributed by atoms with E-state index in [9.17, 15) is 10.1 Å². The highest BCUT2D eigenvalue weighted by atomic mass is 35.5. The molecular formula is C12H16ClNO2. The van der Waals surface area contributed by atoms with Crippen molar-refractivity contribution in [1.29, 1.82) is 0 Å². The summed E-state index contributed by atoms with van der Waals surface area (Å²) in [5.41, 5.74) is 0.828. The fourth-order valence-electron chi connectivity index (χ4n) is 1.72. The molecule has 0 aliphatic carbocycles. The number of rotatable bonds is 3. The molecule has 0 unspecified atom stereocenters. The topological polar surface area (TPSA) is 43.1 Å². The van der Waals surface area contributed by atoms with Gasteiger partial charge in [-0.05, 0) is 23.1 Å². The molecular weight excluding hydrogens is 226 g/mol. The van der Waals surface area contributed by atoms with Gasteiger partial charge in [0.15, 0.2) is 0 Å². The molecule has 1 atom stereocenters. The molecule has 0 N–H and O–H groups in total. The average Bonchev–Trinajstić information content (AvgIpc) is 2.14. The third kappa shape index (κ3) is 3.49. The van der Waals surface area contributed by atoms with Gasteiger partial charge in [-0.3, -0.25) is 10.1 Å². The van der Waals surface area contributed by atoms with Crippen LogP contribution in [-0.2, 0) is 0 Å². The second-order valence-electron chi connectivity index (χ2n) is 4.99. The van der Waals surface area contributed by atoms with Crippen molar-refractivity contribution in [2.45, 2.75) is 26.7 Å². The van der Waals surface area contributed by atoms with Crippen LogP contribution in [0.2, 0.25) is 5.02 Å². The molecule has 0 spiro atoms. The highest BCUT2D eigenvalue weighted by Crippen LogP contribution is 2.35. The third-order valence-electron chi connectivity index (χ3n) is 2.65. The third-order valence-corrected chi connectivity index (χ3v) is 2.90. The Morgan fingerprint density at radius 2 is 1.81 bits per heavy atom. The Balaban J connectivity index is 3.01. The molecule has 1 aromatic rings.